The molecule has 0 radical (unpaired) electrons. The summed E-state index contributed by atoms with van der Waals surface area (Å²) in [6, 6.07) is 7.44. The van der Waals surface area contributed by atoms with Gasteiger partial charge in [-0.1, -0.05) is 18.2 Å². The average Bonchev–Trinajstić information content (AvgIpc) is 2.80. The van der Waals surface area contributed by atoms with Crippen LogP contribution in [-0.2, 0) is 9.53 Å². The summed E-state index contributed by atoms with van der Waals surface area (Å²) in [5.41, 5.74) is 1.70. The number of para-hydroxylation sites is 1. The van der Waals surface area contributed by atoms with Gasteiger partial charge in [0.2, 0.25) is 0 Å². The molecule has 0 unspecified atom stereocenters. The lowest BCUT2D eigenvalue weighted by Crippen LogP contribution is -2.33. The summed E-state index contributed by atoms with van der Waals surface area (Å²) in [5.74, 6) is 6.15. The Morgan fingerprint density at radius 2 is 2.00 bits per heavy atom. The number of rotatable bonds is 0. The Labute approximate surface area is 105 Å². The summed E-state index contributed by atoms with van der Waals surface area (Å²) in [7, 11) is 0. The number of hydrogen-bond donors (Lipinski definition) is 1. The molecular formula is C14H14N2O2. The van der Waals surface area contributed by atoms with Crippen molar-refractivity contribution in [1.29, 1.82) is 0 Å². The minimum absolute atomic E-state index is 0.228. The van der Waals surface area contributed by atoms with Crippen LogP contribution >= 0.6 is 0 Å². The quantitative estimate of drug-likeness (QED) is 0.430. The topological polar surface area (TPSA) is 55.6 Å². The zero-order chi connectivity index (χ0) is 12.9. The van der Waals surface area contributed by atoms with E-state index in [0.29, 0.717) is 17.0 Å². The van der Waals surface area contributed by atoms with Gasteiger partial charge in [-0.25, -0.2) is 10.9 Å². The highest BCUT2D eigenvalue weighted by Gasteiger charge is 2.36. The van der Waals surface area contributed by atoms with Crippen LogP contribution in [-0.4, -0.2) is 11.5 Å². The van der Waals surface area contributed by atoms with Crippen molar-refractivity contribution in [2.24, 2.45) is 5.84 Å². The Morgan fingerprint density at radius 3 is 2.67 bits per heavy atom. The van der Waals surface area contributed by atoms with Crippen LogP contribution in [0, 0.1) is 0 Å². The molecule has 0 saturated heterocycles. The van der Waals surface area contributed by atoms with Crippen LogP contribution in [0.15, 0.2) is 42.2 Å². The Balaban J connectivity index is 2.18. The van der Waals surface area contributed by atoms with Crippen LogP contribution in [0.25, 0.3) is 5.57 Å². The maximum Gasteiger partial charge on any atom is 0.276 e. The maximum absolute atomic E-state index is 12.2. The van der Waals surface area contributed by atoms with E-state index in [1.807, 2.05) is 50.3 Å². The van der Waals surface area contributed by atoms with Crippen molar-refractivity contribution in [3.63, 3.8) is 0 Å². The number of hydrazine groups is 1. The Hall–Kier alpha value is -2.07. The number of carbonyl (C=O) groups is 1. The van der Waals surface area contributed by atoms with E-state index in [4.69, 9.17) is 10.6 Å². The molecule has 1 aromatic carbocycles. The second-order valence-electron chi connectivity index (χ2n) is 4.97. The zero-order valence-electron chi connectivity index (χ0n) is 10.3. The molecule has 0 atom stereocenters. The highest BCUT2D eigenvalue weighted by molar-refractivity contribution is 6.32. The predicted octanol–water partition coefficient (Wildman–Crippen LogP) is 1.98. The molecule has 92 valence electrons. The van der Waals surface area contributed by atoms with Crippen LogP contribution < -0.4 is 10.9 Å². The van der Waals surface area contributed by atoms with Crippen LogP contribution in [0.5, 0.6) is 0 Å². The summed E-state index contributed by atoms with van der Waals surface area (Å²) in [6.07, 6.45) is 3.77. The molecule has 0 fully saturated rings. The van der Waals surface area contributed by atoms with E-state index in [2.05, 4.69) is 0 Å². The summed E-state index contributed by atoms with van der Waals surface area (Å²) in [6.45, 7) is 3.89. The predicted molar refractivity (Wildman–Crippen MR) is 69.3 cm³/mol. The third kappa shape index (κ3) is 1.46. The molecule has 2 aliphatic heterocycles. The van der Waals surface area contributed by atoms with Gasteiger partial charge in [-0.2, -0.15) is 0 Å². The fraction of sp³-hybridized carbons (Fsp3) is 0.214. The second-order valence-corrected chi connectivity index (χ2v) is 4.97. The third-order valence-corrected chi connectivity index (χ3v) is 3.12. The summed E-state index contributed by atoms with van der Waals surface area (Å²) in [5, 5.41) is 1.17. The fourth-order valence-electron chi connectivity index (χ4n) is 2.24. The Morgan fingerprint density at radius 1 is 1.28 bits per heavy atom. The molecule has 0 spiro atoms. The van der Waals surface area contributed by atoms with E-state index >= 15 is 0 Å². The smallest absolute Gasteiger partial charge is 0.276 e. The first-order valence-corrected chi connectivity index (χ1v) is 5.81. The van der Waals surface area contributed by atoms with Crippen LogP contribution in [0.1, 0.15) is 19.4 Å². The maximum atomic E-state index is 12.2. The summed E-state index contributed by atoms with van der Waals surface area (Å²) in [4.78, 5) is 12.2. The Bertz CT molecular complexity index is 600. The van der Waals surface area contributed by atoms with Crippen LogP contribution in [0.2, 0.25) is 0 Å². The Kier molecular flexibility index (Phi) is 2.12. The fourth-order valence-corrected chi connectivity index (χ4v) is 2.24. The lowest BCUT2D eigenvalue weighted by Gasteiger charge is -2.17. The van der Waals surface area contributed by atoms with E-state index in [-0.39, 0.29) is 11.5 Å². The largest absolute Gasteiger partial charge is 0.483 e. The molecule has 0 aliphatic carbocycles. The summed E-state index contributed by atoms with van der Waals surface area (Å²) < 4.78 is 5.77. The van der Waals surface area contributed by atoms with Crippen molar-refractivity contribution in [3.8, 4) is 0 Å². The van der Waals surface area contributed by atoms with E-state index in [0.717, 1.165) is 5.56 Å². The van der Waals surface area contributed by atoms with E-state index in [1.165, 1.54) is 5.01 Å². The molecule has 1 amide bonds. The van der Waals surface area contributed by atoms with Crippen molar-refractivity contribution in [2.45, 2.75) is 19.4 Å². The van der Waals surface area contributed by atoms with Gasteiger partial charge in [0, 0.05) is 5.56 Å². The van der Waals surface area contributed by atoms with Crippen molar-refractivity contribution < 1.29 is 9.53 Å². The molecule has 0 saturated carbocycles. The summed E-state index contributed by atoms with van der Waals surface area (Å²) >= 11 is 0. The SMILES string of the molecule is CC1(C)C=C/C(=C2\C(=O)N(N)c3ccccc32)O1. The molecule has 2 heterocycles. The van der Waals surface area contributed by atoms with E-state index in [1.54, 1.807) is 0 Å². The number of anilines is 1. The number of hydrogen-bond acceptors (Lipinski definition) is 3. The number of nitrogens with two attached hydrogens (primary N) is 1. The molecule has 1 aromatic rings. The molecule has 3 rings (SSSR count). The van der Waals surface area contributed by atoms with Crippen LogP contribution in [0.4, 0.5) is 5.69 Å². The van der Waals surface area contributed by atoms with E-state index < -0.39 is 0 Å². The lowest BCUT2D eigenvalue weighted by atomic mass is 10.1. The molecule has 18 heavy (non-hydrogen) atoms. The third-order valence-electron chi connectivity index (χ3n) is 3.12. The number of carbonyl (C=O) groups excluding carboxylic acids is 1. The van der Waals surface area contributed by atoms with Crippen molar-refractivity contribution in [3.05, 3.63) is 47.7 Å². The van der Waals surface area contributed by atoms with Gasteiger partial charge in [0.1, 0.15) is 11.4 Å². The normalized spacial score (nSPS) is 24.4. The van der Waals surface area contributed by atoms with E-state index in [9.17, 15) is 4.79 Å². The molecular weight excluding hydrogens is 228 g/mol. The van der Waals surface area contributed by atoms with Gasteiger partial charge < -0.3 is 4.74 Å². The minimum atomic E-state index is -0.375. The molecule has 4 nitrogen and oxygen atoms in total. The highest BCUT2D eigenvalue weighted by Crippen LogP contribution is 2.39. The van der Waals surface area contributed by atoms with Crippen molar-refractivity contribution in [2.75, 3.05) is 5.01 Å². The standard InChI is InChI=1S/C14H14N2O2/c1-14(2)8-7-11(18-14)12-9-5-3-4-6-10(9)16(15)13(12)17/h3-8H,15H2,1-2H3/b12-11+. The first-order chi connectivity index (χ1) is 8.49. The first-order valence-electron chi connectivity index (χ1n) is 5.81. The minimum Gasteiger partial charge on any atom is -0.483 e. The number of nitrogens with zero attached hydrogens (tertiary/aromatic N) is 1. The molecule has 2 aliphatic rings. The second kappa shape index (κ2) is 3.46. The van der Waals surface area contributed by atoms with Gasteiger partial charge in [-0.3, -0.25) is 4.79 Å². The van der Waals surface area contributed by atoms with Crippen LogP contribution in [0.3, 0.4) is 0 Å². The van der Waals surface area contributed by atoms with Gasteiger partial charge in [-0.15, -0.1) is 0 Å². The van der Waals surface area contributed by atoms with Crippen molar-refractivity contribution in [1.82, 2.24) is 0 Å². The molecule has 0 bridgehead atoms. The zero-order valence-corrected chi connectivity index (χ0v) is 10.3. The number of benzene rings is 1. The number of ether oxygens (including phenoxy) is 1. The lowest BCUT2D eigenvalue weighted by molar-refractivity contribution is -0.113. The first kappa shape index (κ1) is 11.0. The molecule has 4 heteroatoms. The van der Waals surface area contributed by atoms with Gasteiger partial charge >= 0.3 is 0 Å². The monoisotopic (exact) mass is 242 g/mol. The molecule has 2 N–H and O–H groups in total. The number of fused-ring (bicyclic) bond motifs is 1. The van der Waals surface area contributed by atoms with Gasteiger partial charge in [0.15, 0.2) is 0 Å². The highest BCUT2D eigenvalue weighted by atomic mass is 16.5. The van der Waals surface area contributed by atoms with Gasteiger partial charge in [-0.05, 0) is 32.1 Å². The molecule has 0 aromatic heterocycles. The number of amides is 1. The number of allylic oxidation sites excluding steroid dienone is 1. The average molecular weight is 242 g/mol. The van der Waals surface area contributed by atoms with Crippen molar-refractivity contribution >= 4 is 17.2 Å². The van der Waals surface area contributed by atoms with Gasteiger partial charge in [0.05, 0.1) is 11.3 Å². The van der Waals surface area contributed by atoms with Gasteiger partial charge in [0.25, 0.3) is 5.91 Å².